The summed E-state index contributed by atoms with van der Waals surface area (Å²) in [5, 5.41) is 7.40. The number of thiazole rings is 1. The topological polar surface area (TPSA) is 49.3 Å². The van der Waals surface area contributed by atoms with E-state index in [1.807, 2.05) is 6.92 Å². The third-order valence-corrected chi connectivity index (χ3v) is 4.74. The van der Waals surface area contributed by atoms with Crippen LogP contribution in [0.1, 0.15) is 36.0 Å². The van der Waals surface area contributed by atoms with Gasteiger partial charge in [-0.15, -0.1) is 11.3 Å². The van der Waals surface area contributed by atoms with Crippen LogP contribution in [0.15, 0.2) is 28.6 Å². The fourth-order valence-electron chi connectivity index (χ4n) is 2.41. The second-order valence-electron chi connectivity index (χ2n) is 6.09. The van der Waals surface area contributed by atoms with Crippen LogP contribution in [-0.2, 0) is 12.6 Å². The van der Waals surface area contributed by atoms with E-state index in [4.69, 9.17) is 0 Å². The molecule has 1 atom stereocenters. The van der Waals surface area contributed by atoms with E-state index >= 15 is 0 Å². The van der Waals surface area contributed by atoms with Gasteiger partial charge in [-0.3, -0.25) is 4.99 Å². The normalized spacial score (nSPS) is 13.5. The molecule has 0 amide bonds. The Hall–Kier alpha value is -2.23. The van der Waals surface area contributed by atoms with Crippen LogP contribution in [0.5, 0.6) is 0 Å². The highest BCUT2D eigenvalue weighted by Gasteiger charge is 2.33. The molecule has 4 nitrogen and oxygen atoms in total. The number of alkyl halides is 3. The summed E-state index contributed by atoms with van der Waals surface area (Å²) in [7, 11) is 0. The summed E-state index contributed by atoms with van der Waals surface area (Å²) in [5.41, 5.74) is -0.522. The molecule has 0 radical (unpaired) electrons. The van der Waals surface area contributed by atoms with Crippen molar-refractivity contribution in [2.75, 3.05) is 19.6 Å². The average Bonchev–Trinajstić information content (AvgIpc) is 3.08. The Kier molecular flexibility index (Phi) is 7.73. The van der Waals surface area contributed by atoms with Crippen molar-refractivity contribution in [2.45, 2.75) is 32.4 Å². The second kappa shape index (κ2) is 9.81. The molecule has 1 unspecified atom stereocenters. The molecule has 2 rings (SSSR count). The molecular formula is C18H21F5N4S. The van der Waals surface area contributed by atoms with E-state index < -0.39 is 23.5 Å². The molecule has 1 aromatic heterocycles. The lowest BCUT2D eigenvalue weighted by atomic mass is 10.0. The van der Waals surface area contributed by atoms with Crippen molar-refractivity contribution in [3.63, 3.8) is 0 Å². The predicted molar refractivity (Wildman–Crippen MR) is 99.6 cm³/mol. The zero-order chi connectivity index (χ0) is 20.7. The Labute approximate surface area is 163 Å². The number of guanidine groups is 1. The lowest BCUT2D eigenvalue weighted by molar-refractivity contribution is -0.140. The van der Waals surface area contributed by atoms with Gasteiger partial charge in [0.05, 0.1) is 5.01 Å². The molecule has 0 aliphatic heterocycles. The van der Waals surface area contributed by atoms with Crippen LogP contribution in [0.25, 0.3) is 0 Å². The summed E-state index contributed by atoms with van der Waals surface area (Å²) < 4.78 is 64.6. The molecule has 2 aromatic rings. The molecule has 0 bridgehead atoms. The van der Waals surface area contributed by atoms with Crippen molar-refractivity contribution in [3.8, 4) is 0 Å². The first-order valence-electron chi connectivity index (χ1n) is 8.69. The SMILES string of the molecule is CCNC(=NCC(C)c1ccc(F)cc1F)NCCc1nc(C(F)(F)F)cs1. The number of hydrogen-bond donors (Lipinski definition) is 2. The van der Waals surface area contributed by atoms with Crippen molar-refractivity contribution in [1.82, 2.24) is 15.6 Å². The van der Waals surface area contributed by atoms with Crippen LogP contribution in [-0.4, -0.2) is 30.6 Å². The van der Waals surface area contributed by atoms with Crippen molar-refractivity contribution < 1.29 is 22.0 Å². The van der Waals surface area contributed by atoms with E-state index in [9.17, 15) is 22.0 Å². The highest BCUT2D eigenvalue weighted by Crippen LogP contribution is 2.30. The molecule has 1 heterocycles. The smallest absolute Gasteiger partial charge is 0.357 e. The Bertz CT molecular complexity index is 804. The van der Waals surface area contributed by atoms with Gasteiger partial charge in [0.2, 0.25) is 0 Å². The highest BCUT2D eigenvalue weighted by atomic mass is 32.1. The fraction of sp³-hybridized carbons (Fsp3) is 0.444. The minimum Gasteiger partial charge on any atom is -0.357 e. The number of nitrogens with one attached hydrogen (secondary N) is 2. The van der Waals surface area contributed by atoms with Gasteiger partial charge >= 0.3 is 6.18 Å². The average molecular weight is 420 g/mol. The first kappa shape index (κ1) is 22.1. The molecule has 0 aliphatic carbocycles. The van der Waals surface area contributed by atoms with Crippen LogP contribution in [0.2, 0.25) is 0 Å². The predicted octanol–water partition coefficient (Wildman–Crippen LogP) is 4.34. The molecule has 1 aromatic carbocycles. The highest BCUT2D eigenvalue weighted by molar-refractivity contribution is 7.09. The van der Waals surface area contributed by atoms with Crippen molar-refractivity contribution in [1.29, 1.82) is 0 Å². The standard InChI is InChI=1S/C18H21F5N4S/c1-3-24-17(25-7-6-16-27-15(10-28-16)18(21,22)23)26-9-11(2)13-5-4-12(19)8-14(13)20/h4-5,8,10-11H,3,6-7,9H2,1-2H3,(H2,24,25,26). The molecule has 10 heteroatoms. The maximum absolute atomic E-state index is 13.8. The number of benzene rings is 1. The quantitative estimate of drug-likeness (QED) is 0.398. The molecule has 0 saturated carbocycles. The largest absolute Gasteiger partial charge is 0.434 e. The van der Waals surface area contributed by atoms with Crippen LogP contribution in [0, 0.1) is 11.6 Å². The van der Waals surface area contributed by atoms with E-state index in [-0.39, 0.29) is 12.5 Å². The molecule has 0 fully saturated rings. The molecule has 28 heavy (non-hydrogen) atoms. The number of aliphatic imine (C=N–C) groups is 1. The molecular weight excluding hydrogens is 399 g/mol. The van der Waals surface area contributed by atoms with E-state index in [1.54, 1.807) is 6.92 Å². The summed E-state index contributed by atoms with van der Waals surface area (Å²) in [6, 6.07) is 3.43. The van der Waals surface area contributed by atoms with Crippen LogP contribution in [0.4, 0.5) is 22.0 Å². The summed E-state index contributed by atoms with van der Waals surface area (Å²) in [6.45, 7) is 4.83. The van der Waals surface area contributed by atoms with Gasteiger partial charge in [-0.05, 0) is 18.6 Å². The number of rotatable bonds is 7. The third-order valence-electron chi connectivity index (χ3n) is 3.83. The van der Waals surface area contributed by atoms with Gasteiger partial charge < -0.3 is 10.6 Å². The Morgan fingerprint density at radius 2 is 2.00 bits per heavy atom. The number of halogens is 5. The summed E-state index contributed by atoms with van der Waals surface area (Å²) in [5.74, 6) is -1.07. The van der Waals surface area contributed by atoms with E-state index in [1.165, 1.54) is 12.1 Å². The van der Waals surface area contributed by atoms with Crippen molar-refractivity contribution >= 4 is 17.3 Å². The van der Waals surface area contributed by atoms with Gasteiger partial charge in [0, 0.05) is 43.4 Å². The van der Waals surface area contributed by atoms with Crippen LogP contribution < -0.4 is 10.6 Å². The molecule has 0 spiro atoms. The molecule has 0 saturated heterocycles. The third kappa shape index (κ3) is 6.43. The van der Waals surface area contributed by atoms with Gasteiger partial charge in [-0.25, -0.2) is 13.8 Å². The molecule has 154 valence electrons. The monoisotopic (exact) mass is 420 g/mol. The van der Waals surface area contributed by atoms with Gasteiger partial charge in [-0.2, -0.15) is 13.2 Å². The van der Waals surface area contributed by atoms with E-state index in [0.717, 1.165) is 22.8 Å². The summed E-state index contributed by atoms with van der Waals surface area (Å²) in [6.07, 6.45) is -4.13. The van der Waals surface area contributed by atoms with Gasteiger partial charge in [0.25, 0.3) is 0 Å². The zero-order valence-electron chi connectivity index (χ0n) is 15.4. The van der Waals surface area contributed by atoms with E-state index in [0.29, 0.717) is 36.0 Å². The lowest BCUT2D eigenvalue weighted by Crippen LogP contribution is -2.38. The Balaban J connectivity index is 1.92. The lowest BCUT2D eigenvalue weighted by Gasteiger charge is -2.14. The minimum absolute atomic E-state index is 0.257. The zero-order valence-corrected chi connectivity index (χ0v) is 16.2. The Morgan fingerprint density at radius 1 is 1.25 bits per heavy atom. The number of nitrogens with zero attached hydrogens (tertiary/aromatic N) is 2. The number of aromatic nitrogens is 1. The minimum atomic E-state index is -4.44. The van der Waals surface area contributed by atoms with Crippen molar-refractivity contribution in [3.05, 3.63) is 51.5 Å². The van der Waals surface area contributed by atoms with Gasteiger partial charge in [-0.1, -0.05) is 13.0 Å². The fourth-order valence-corrected chi connectivity index (χ4v) is 3.22. The first-order valence-corrected chi connectivity index (χ1v) is 9.57. The van der Waals surface area contributed by atoms with Crippen LogP contribution >= 0.6 is 11.3 Å². The second-order valence-corrected chi connectivity index (χ2v) is 7.03. The Morgan fingerprint density at radius 3 is 2.61 bits per heavy atom. The van der Waals surface area contributed by atoms with Gasteiger partial charge in [0.1, 0.15) is 11.6 Å². The molecule has 2 N–H and O–H groups in total. The summed E-state index contributed by atoms with van der Waals surface area (Å²) in [4.78, 5) is 7.94. The van der Waals surface area contributed by atoms with E-state index in [2.05, 4.69) is 20.6 Å². The van der Waals surface area contributed by atoms with Crippen LogP contribution in [0.3, 0.4) is 0 Å². The number of hydrogen-bond acceptors (Lipinski definition) is 3. The maximum Gasteiger partial charge on any atom is 0.434 e. The first-order chi connectivity index (χ1) is 13.2. The molecule has 0 aliphatic rings. The van der Waals surface area contributed by atoms with Gasteiger partial charge in [0.15, 0.2) is 11.7 Å². The maximum atomic E-state index is 13.8. The summed E-state index contributed by atoms with van der Waals surface area (Å²) >= 11 is 0.956. The van der Waals surface area contributed by atoms with Crippen molar-refractivity contribution in [2.24, 2.45) is 4.99 Å².